The molecule has 19 heavy (non-hydrogen) atoms. The zero-order valence-corrected chi connectivity index (χ0v) is 11.1. The summed E-state index contributed by atoms with van der Waals surface area (Å²) in [6.07, 6.45) is 0. The number of carbonyl (C=O) groups excluding carboxylic acids is 1. The molecule has 0 saturated carbocycles. The molecule has 2 aliphatic heterocycles. The summed E-state index contributed by atoms with van der Waals surface area (Å²) in [5.41, 5.74) is 2.22. The van der Waals surface area contributed by atoms with Crippen molar-refractivity contribution in [2.24, 2.45) is 5.41 Å². The van der Waals surface area contributed by atoms with E-state index in [4.69, 9.17) is 4.74 Å². The second kappa shape index (κ2) is 4.74. The van der Waals surface area contributed by atoms with Crippen LogP contribution >= 0.6 is 0 Å². The molecule has 0 spiro atoms. The van der Waals surface area contributed by atoms with Gasteiger partial charge in [0.05, 0.1) is 13.2 Å². The van der Waals surface area contributed by atoms with Crippen LogP contribution in [0.5, 0.6) is 0 Å². The third kappa shape index (κ3) is 2.51. The van der Waals surface area contributed by atoms with Crippen LogP contribution in [0.2, 0.25) is 0 Å². The van der Waals surface area contributed by atoms with Crippen LogP contribution in [0.15, 0.2) is 24.3 Å². The van der Waals surface area contributed by atoms with Crippen LogP contribution in [0.25, 0.3) is 0 Å². The Kier molecular flexibility index (Phi) is 3.06. The second-order valence-corrected chi connectivity index (χ2v) is 5.59. The molecule has 5 heteroatoms. The summed E-state index contributed by atoms with van der Waals surface area (Å²) in [5.74, 6) is 0. The van der Waals surface area contributed by atoms with Gasteiger partial charge in [-0.15, -0.1) is 0 Å². The quantitative estimate of drug-likeness (QED) is 0.866. The number of rotatable bonds is 4. The van der Waals surface area contributed by atoms with Crippen molar-refractivity contribution in [1.82, 2.24) is 5.32 Å². The third-order valence-electron chi connectivity index (χ3n) is 3.63. The van der Waals surface area contributed by atoms with Gasteiger partial charge < -0.3 is 15.4 Å². The van der Waals surface area contributed by atoms with Crippen LogP contribution < -0.4 is 15.5 Å². The van der Waals surface area contributed by atoms with Crippen LogP contribution in [0.4, 0.5) is 16.2 Å². The number of benzene rings is 1. The molecule has 0 radical (unpaired) electrons. The summed E-state index contributed by atoms with van der Waals surface area (Å²) in [5, 5.41) is 6.24. The SMILES string of the molecule is CC1(CNc2cccc(N3CCNC3=O)c2)COC1. The van der Waals surface area contributed by atoms with E-state index in [0.29, 0.717) is 6.54 Å². The summed E-state index contributed by atoms with van der Waals surface area (Å²) >= 11 is 0. The molecule has 1 aromatic rings. The Hall–Kier alpha value is -1.75. The maximum atomic E-state index is 11.6. The van der Waals surface area contributed by atoms with Gasteiger partial charge in [-0.2, -0.15) is 0 Å². The highest BCUT2D eigenvalue weighted by Gasteiger charge is 2.33. The monoisotopic (exact) mass is 261 g/mol. The molecule has 0 bridgehead atoms. The molecule has 5 nitrogen and oxygen atoms in total. The van der Waals surface area contributed by atoms with Gasteiger partial charge in [-0.25, -0.2) is 4.79 Å². The zero-order chi connectivity index (χ0) is 13.3. The lowest BCUT2D eigenvalue weighted by atomic mass is 9.89. The number of anilines is 2. The van der Waals surface area contributed by atoms with E-state index in [1.165, 1.54) is 0 Å². The second-order valence-electron chi connectivity index (χ2n) is 5.59. The molecule has 2 saturated heterocycles. The van der Waals surface area contributed by atoms with Gasteiger partial charge in [0.25, 0.3) is 0 Å². The van der Waals surface area contributed by atoms with Crippen LogP contribution in [0.3, 0.4) is 0 Å². The predicted molar refractivity (Wildman–Crippen MR) is 74.6 cm³/mol. The van der Waals surface area contributed by atoms with Gasteiger partial charge in [0, 0.05) is 36.4 Å². The standard InChI is InChI=1S/C14H19N3O2/c1-14(9-19-10-14)8-16-11-3-2-4-12(7-11)17-6-5-15-13(17)18/h2-4,7,16H,5-6,8-10H2,1H3,(H,15,18). The molecule has 0 aliphatic carbocycles. The minimum atomic E-state index is -0.0171. The summed E-state index contributed by atoms with van der Waals surface area (Å²) in [6.45, 7) is 6.17. The summed E-state index contributed by atoms with van der Waals surface area (Å²) in [7, 11) is 0. The fourth-order valence-corrected chi connectivity index (χ4v) is 2.37. The summed E-state index contributed by atoms with van der Waals surface area (Å²) in [6, 6.07) is 7.97. The maximum absolute atomic E-state index is 11.6. The Morgan fingerprint density at radius 3 is 2.95 bits per heavy atom. The molecular weight excluding hydrogens is 242 g/mol. The van der Waals surface area contributed by atoms with Gasteiger partial charge in [0.15, 0.2) is 0 Å². The number of hydrogen-bond donors (Lipinski definition) is 2. The van der Waals surface area contributed by atoms with Crippen molar-refractivity contribution in [3.63, 3.8) is 0 Å². The summed E-state index contributed by atoms with van der Waals surface area (Å²) in [4.78, 5) is 13.4. The molecule has 2 fully saturated rings. The number of nitrogens with one attached hydrogen (secondary N) is 2. The van der Waals surface area contributed by atoms with Crippen LogP contribution in [0, 0.1) is 5.41 Å². The predicted octanol–water partition coefficient (Wildman–Crippen LogP) is 1.66. The lowest BCUT2D eigenvalue weighted by Crippen LogP contribution is -2.45. The zero-order valence-electron chi connectivity index (χ0n) is 11.1. The lowest BCUT2D eigenvalue weighted by Gasteiger charge is -2.38. The highest BCUT2D eigenvalue weighted by atomic mass is 16.5. The molecule has 0 atom stereocenters. The molecule has 2 amide bonds. The lowest BCUT2D eigenvalue weighted by molar-refractivity contribution is -0.0924. The Bertz CT molecular complexity index is 485. The molecular formula is C14H19N3O2. The average molecular weight is 261 g/mol. The topological polar surface area (TPSA) is 53.6 Å². The smallest absolute Gasteiger partial charge is 0.321 e. The summed E-state index contributed by atoms with van der Waals surface area (Å²) < 4.78 is 5.24. The molecule has 0 unspecified atom stereocenters. The van der Waals surface area contributed by atoms with E-state index in [0.717, 1.165) is 37.7 Å². The van der Waals surface area contributed by atoms with Crippen molar-refractivity contribution in [2.45, 2.75) is 6.92 Å². The molecule has 2 heterocycles. The van der Waals surface area contributed by atoms with Gasteiger partial charge in [0.1, 0.15) is 0 Å². The van der Waals surface area contributed by atoms with Gasteiger partial charge in [0.2, 0.25) is 0 Å². The van der Waals surface area contributed by atoms with E-state index in [1.807, 2.05) is 24.3 Å². The average Bonchev–Trinajstić information content (AvgIpc) is 2.81. The maximum Gasteiger partial charge on any atom is 0.321 e. The number of urea groups is 1. The van der Waals surface area contributed by atoms with E-state index in [1.54, 1.807) is 4.90 Å². The first-order chi connectivity index (χ1) is 9.16. The molecule has 1 aromatic carbocycles. The van der Waals surface area contributed by atoms with Crippen molar-refractivity contribution in [2.75, 3.05) is 43.1 Å². The molecule has 0 aromatic heterocycles. The minimum absolute atomic E-state index is 0.0171. The van der Waals surface area contributed by atoms with Gasteiger partial charge in [-0.1, -0.05) is 13.0 Å². The number of amides is 2. The van der Waals surface area contributed by atoms with Crippen molar-refractivity contribution in [3.8, 4) is 0 Å². The Morgan fingerprint density at radius 1 is 1.47 bits per heavy atom. The van der Waals surface area contributed by atoms with Gasteiger partial charge in [-0.3, -0.25) is 4.90 Å². The highest BCUT2D eigenvalue weighted by Crippen LogP contribution is 2.28. The van der Waals surface area contributed by atoms with E-state index in [-0.39, 0.29) is 11.4 Å². The Morgan fingerprint density at radius 2 is 2.32 bits per heavy atom. The van der Waals surface area contributed by atoms with Crippen molar-refractivity contribution in [3.05, 3.63) is 24.3 Å². The van der Waals surface area contributed by atoms with E-state index in [9.17, 15) is 4.79 Å². The van der Waals surface area contributed by atoms with E-state index >= 15 is 0 Å². The van der Waals surface area contributed by atoms with Gasteiger partial charge in [-0.05, 0) is 18.2 Å². The number of nitrogens with zero attached hydrogens (tertiary/aromatic N) is 1. The Labute approximate surface area is 112 Å². The van der Waals surface area contributed by atoms with Gasteiger partial charge >= 0.3 is 6.03 Å². The van der Waals surface area contributed by atoms with Crippen LogP contribution in [-0.4, -0.2) is 38.9 Å². The van der Waals surface area contributed by atoms with Crippen molar-refractivity contribution < 1.29 is 9.53 Å². The third-order valence-corrected chi connectivity index (χ3v) is 3.63. The number of carbonyl (C=O) groups is 1. The molecule has 2 aliphatic rings. The largest absolute Gasteiger partial charge is 0.384 e. The van der Waals surface area contributed by atoms with Crippen LogP contribution in [0.1, 0.15) is 6.92 Å². The fraction of sp³-hybridized carbons (Fsp3) is 0.500. The van der Waals surface area contributed by atoms with Crippen molar-refractivity contribution in [1.29, 1.82) is 0 Å². The fourth-order valence-electron chi connectivity index (χ4n) is 2.37. The molecule has 102 valence electrons. The normalized spacial score (nSPS) is 20.9. The first kappa shape index (κ1) is 12.3. The highest BCUT2D eigenvalue weighted by molar-refractivity contribution is 5.94. The number of hydrogen-bond acceptors (Lipinski definition) is 3. The van der Waals surface area contributed by atoms with E-state index in [2.05, 4.69) is 17.6 Å². The molecule has 2 N–H and O–H groups in total. The first-order valence-corrected chi connectivity index (χ1v) is 6.63. The molecule has 3 rings (SSSR count). The Balaban J connectivity index is 1.67. The van der Waals surface area contributed by atoms with E-state index < -0.39 is 0 Å². The number of ether oxygens (including phenoxy) is 1. The van der Waals surface area contributed by atoms with Crippen molar-refractivity contribution >= 4 is 17.4 Å². The first-order valence-electron chi connectivity index (χ1n) is 6.63. The minimum Gasteiger partial charge on any atom is -0.384 e. The van der Waals surface area contributed by atoms with Crippen LogP contribution in [-0.2, 0) is 4.74 Å².